The van der Waals surface area contributed by atoms with Crippen molar-refractivity contribution >= 4 is 23.9 Å². The Morgan fingerprint density at radius 2 is 1.44 bits per heavy atom. The second-order valence-electron chi connectivity index (χ2n) is 5.00. The van der Waals surface area contributed by atoms with Gasteiger partial charge < -0.3 is 4.57 Å². The van der Waals surface area contributed by atoms with Crippen molar-refractivity contribution in [1.29, 1.82) is 0 Å². The molecule has 0 aliphatic heterocycles. The summed E-state index contributed by atoms with van der Waals surface area (Å²) in [4.78, 5) is 0. The predicted molar refractivity (Wildman–Crippen MR) is 81.0 cm³/mol. The molecule has 1 heteroatoms. The first-order valence-corrected chi connectivity index (χ1v) is 7.01. The third kappa shape index (κ3) is 2.50. The summed E-state index contributed by atoms with van der Waals surface area (Å²) >= 11 is 0. The van der Waals surface area contributed by atoms with Gasteiger partial charge in [0, 0.05) is 28.0 Å². The van der Waals surface area contributed by atoms with Crippen LogP contribution in [0.2, 0.25) is 0 Å². The highest BCUT2D eigenvalue weighted by Gasteiger charge is 2.03. The molecule has 0 aliphatic carbocycles. The highest BCUT2D eigenvalue weighted by Crippen LogP contribution is 2.06. The summed E-state index contributed by atoms with van der Waals surface area (Å²) in [6.07, 6.45) is 6.53. The zero-order valence-electron chi connectivity index (χ0n) is 11.4. The Bertz CT molecular complexity index is 559. The predicted octanol–water partition coefficient (Wildman–Crippen LogP) is 3.43. The summed E-state index contributed by atoms with van der Waals surface area (Å²) in [7, 11) is 0. The van der Waals surface area contributed by atoms with E-state index in [9.17, 15) is 0 Å². The quantitative estimate of drug-likeness (QED) is 0.683. The van der Waals surface area contributed by atoms with E-state index in [0.717, 1.165) is 17.2 Å². The van der Waals surface area contributed by atoms with Crippen LogP contribution in [0.1, 0.15) is 39.0 Å². The molecule has 18 heavy (non-hydrogen) atoms. The van der Waals surface area contributed by atoms with Gasteiger partial charge in [-0.15, -0.1) is 0 Å². The van der Waals surface area contributed by atoms with Crippen LogP contribution in [-0.4, -0.2) is 4.57 Å². The second kappa shape index (κ2) is 5.90. The first-order valence-electron chi connectivity index (χ1n) is 7.01. The number of hydrogen-bond donors (Lipinski definition) is 0. The topological polar surface area (TPSA) is 4.93 Å². The summed E-state index contributed by atoms with van der Waals surface area (Å²) in [5.74, 6) is 0. The maximum atomic E-state index is 4.21. The monoisotopic (exact) mass is 241 g/mol. The van der Waals surface area contributed by atoms with Crippen LogP contribution in [0.25, 0.3) is 23.9 Å². The molecule has 0 radical (unpaired) electrons. The third-order valence-electron chi connectivity index (χ3n) is 3.69. The largest absolute Gasteiger partial charge is 0.341 e. The Morgan fingerprint density at radius 1 is 0.889 bits per heavy atom. The SMILES string of the molecule is C=c1c2ccccc2c(=C)n1CCCCCCC. The molecule has 0 atom stereocenters. The fourth-order valence-corrected chi connectivity index (χ4v) is 2.58. The second-order valence-corrected chi connectivity index (χ2v) is 5.00. The van der Waals surface area contributed by atoms with Gasteiger partial charge in [-0.3, -0.25) is 0 Å². The molecule has 2 aromatic rings. The minimum absolute atomic E-state index is 1.05. The van der Waals surface area contributed by atoms with Crippen molar-refractivity contribution in [3.05, 3.63) is 35.0 Å². The van der Waals surface area contributed by atoms with Crippen molar-refractivity contribution in [2.24, 2.45) is 0 Å². The van der Waals surface area contributed by atoms with Gasteiger partial charge in [0.1, 0.15) is 0 Å². The number of benzene rings is 1. The van der Waals surface area contributed by atoms with Gasteiger partial charge in [0.15, 0.2) is 0 Å². The van der Waals surface area contributed by atoms with Crippen LogP contribution in [0.5, 0.6) is 0 Å². The summed E-state index contributed by atoms with van der Waals surface area (Å²) in [6.45, 7) is 11.7. The lowest BCUT2D eigenvalue weighted by molar-refractivity contribution is 0.559. The number of unbranched alkanes of at least 4 members (excludes halogenated alkanes) is 4. The molecule has 0 saturated heterocycles. The van der Waals surface area contributed by atoms with Gasteiger partial charge >= 0.3 is 0 Å². The average molecular weight is 241 g/mol. The highest BCUT2D eigenvalue weighted by atomic mass is 15.0. The molecular formula is C17H23N. The molecule has 0 N–H and O–H groups in total. The van der Waals surface area contributed by atoms with E-state index in [-0.39, 0.29) is 0 Å². The maximum Gasteiger partial charge on any atom is 0.0418 e. The molecule has 1 aromatic heterocycles. The van der Waals surface area contributed by atoms with E-state index in [1.165, 1.54) is 42.9 Å². The lowest BCUT2D eigenvalue weighted by Crippen LogP contribution is -2.25. The smallest absolute Gasteiger partial charge is 0.0418 e. The van der Waals surface area contributed by atoms with Crippen molar-refractivity contribution in [2.45, 2.75) is 45.6 Å². The fraction of sp³-hybridized carbons (Fsp3) is 0.412. The molecule has 0 amide bonds. The van der Waals surface area contributed by atoms with Crippen LogP contribution in [0.4, 0.5) is 0 Å². The van der Waals surface area contributed by atoms with Crippen LogP contribution in [-0.2, 0) is 6.54 Å². The fourth-order valence-electron chi connectivity index (χ4n) is 2.58. The van der Waals surface area contributed by atoms with Crippen molar-refractivity contribution in [2.75, 3.05) is 0 Å². The summed E-state index contributed by atoms with van der Waals surface area (Å²) in [6, 6.07) is 8.42. The zero-order valence-corrected chi connectivity index (χ0v) is 11.4. The Morgan fingerprint density at radius 3 is 2.00 bits per heavy atom. The van der Waals surface area contributed by atoms with Crippen LogP contribution >= 0.6 is 0 Å². The van der Waals surface area contributed by atoms with E-state index in [0.29, 0.717) is 0 Å². The average Bonchev–Trinajstić information content (AvgIpc) is 2.64. The number of hydrogen-bond acceptors (Lipinski definition) is 0. The molecule has 2 rings (SSSR count). The molecule has 0 bridgehead atoms. The molecular weight excluding hydrogens is 218 g/mol. The molecule has 0 unspecified atom stereocenters. The molecule has 1 heterocycles. The molecule has 0 saturated carbocycles. The van der Waals surface area contributed by atoms with Gasteiger partial charge in [-0.1, -0.05) is 70.0 Å². The molecule has 96 valence electrons. The van der Waals surface area contributed by atoms with Gasteiger partial charge in [-0.25, -0.2) is 0 Å². The van der Waals surface area contributed by atoms with E-state index in [4.69, 9.17) is 0 Å². The van der Waals surface area contributed by atoms with Gasteiger partial charge in [-0.2, -0.15) is 0 Å². The summed E-state index contributed by atoms with van der Waals surface area (Å²) in [5.41, 5.74) is 0. The standard InChI is InChI=1S/C17H23N/c1-4-5-6-7-10-13-18-14(2)16-11-8-9-12-17(16)15(18)3/h8-9,11-12H,2-7,10,13H2,1H3. The highest BCUT2D eigenvalue weighted by molar-refractivity contribution is 5.83. The third-order valence-corrected chi connectivity index (χ3v) is 3.69. The Kier molecular flexibility index (Phi) is 4.24. The van der Waals surface area contributed by atoms with Gasteiger partial charge in [0.25, 0.3) is 0 Å². The molecule has 0 fully saturated rings. The normalized spacial score (nSPS) is 11.2. The van der Waals surface area contributed by atoms with Crippen molar-refractivity contribution in [3.8, 4) is 0 Å². The summed E-state index contributed by atoms with van der Waals surface area (Å²) in [5, 5.41) is 4.73. The first-order chi connectivity index (χ1) is 8.75. The van der Waals surface area contributed by atoms with E-state index >= 15 is 0 Å². The number of rotatable bonds is 6. The van der Waals surface area contributed by atoms with E-state index in [1.807, 2.05) is 0 Å². The van der Waals surface area contributed by atoms with Crippen molar-refractivity contribution in [1.82, 2.24) is 4.57 Å². The Labute approximate surface area is 109 Å². The zero-order chi connectivity index (χ0) is 13.0. The van der Waals surface area contributed by atoms with Crippen molar-refractivity contribution in [3.63, 3.8) is 0 Å². The summed E-state index contributed by atoms with van der Waals surface area (Å²) < 4.78 is 2.27. The minimum Gasteiger partial charge on any atom is -0.341 e. The van der Waals surface area contributed by atoms with Gasteiger partial charge in [-0.05, 0) is 6.42 Å². The van der Waals surface area contributed by atoms with E-state index in [2.05, 4.69) is 48.9 Å². The van der Waals surface area contributed by atoms with E-state index < -0.39 is 0 Å². The van der Waals surface area contributed by atoms with Gasteiger partial charge in [0.05, 0.1) is 0 Å². The lowest BCUT2D eigenvalue weighted by atomic mass is 10.1. The van der Waals surface area contributed by atoms with Crippen molar-refractivity contribution < 1.29 is 0 Å². The first kappa shape index (κ1) is 12.9. The minimum atomic E-state index is 1.05. The van der Waals surface area contributed by atoms with E-state index in [1.54, 1.807) is 0 Å². The number of aromatic nitrogens is 1. The lowest BCUT2D eigenvalue weighted by Gasteiger charge is -2.04. The van der Waals surface area contributed by atoms with Gasteiger partial charge in [0.2, 0.25) is 0 Å². The van der Waals surface area contributed by atoms with Crippen LogP contribution in [0.15, 0.2) is 24.3 Å². The molecule has 0 spiro atoms. The Hall–Kier alpha value is -1.50. The van der Waals surface area contributed by atoms with Crippen LogP contribution < -0.4 is 10.7 Å². The Balaban J connectivity index is 2.14. The van der Waals surface area contributed by atoms with Crippen LogP contribution in [0, 0.1) is 0 Å². The maximum absolute atomic E-state index is 4.21. The number of nitrogens with zero attached hydrogens (tertiary/aromatic N) is 1. The molecule has 1 nitrogen and oxygen atoms in total. The molecule has 0 aliphatic rings. The van der Waals surface area contributed by atoms with Crippen LogP contribution in [0.3, 0.4) is 0 Å². The molecule has 1 aromatic carbocycles. The number of fused-ring (bicyclic) bond motifs is 1.